The van der Waals surface area contributed by atoms with Gasteiger partial charge in [0.15, 0.2) is 0 Å². The van der Waals surface area contributed by atoms with Gasteiger partial charge < -0.3 is 0 Å². The Balaban J connectivity index is 2.24. The fraction of sp³-hybridized carbons (Fsp3) is 1.00. The summed E-state index contributed by atoms with van der Waals surface area (Å²) in [6, 6.07) is 0. The summed E-state index contributed by atoms with van der Waals surface area (Å²) in [4.78, 5) is 0. The van der Waals surface area contributed by atoms with E-state index in [1.807, 2.05) is 0 Å². The minimum absolute atomic E-state index is 1.06. The predicted octanol–water partition coefficient (Wildman–Crippen LogP) is 4.39. The molecule has 0 aromatic heterocycles. The van der Waals surface area contributed by atoms with Crippen molar-refractivity contribution in [1.29, 1.82) is 0 Å². The van der Waals surface area contributed by atoms with E-state index in [0.717, 1.165) is 11.8 Å². The van der Waals surface area contributed by atoms with Crippen molar-refractivity contribution >= 4 is 0 Å². The second kappa shape index (κ2) is 5.61. The fourth-order valence-corrected chi connectivity index (χ4v) is 2.50. The Labute approximate surface area is 77.7 Å². The van der Waals surface area contributed by atoms with Gasteiger partial charge in [-0.2, -0.15) is 0 Å². The van der Waals surface area contributed by atoms with E-state index in [9.17, 15) is 0 Å². The molecular formula is C12H24. The highest BCUT2D eigenvalue weighted by molar-refractivity contribution is 4.66. The van der Waals surface area contributed by atoms with Crippen molar-refractivity contribution in [3.63, 3.8) is 0 Å². The van der Waals surface area contributed by atoms with Crippen LogP contribution < -0.4 is 0 Å². The molecule has 0 bridgehead atoms. The van der Waals surface area contributed by atoms with Crippen LogP contribution in [0.3, 0.4) is 0 Å². The van der Waals surface area contributed by atoms with Crippen molar-refractivity contribution in [3.05, 3.63) is 0 Å². The zero-order chi connectivity index (χ0) is 8.81. The van der Waals surface area contributed by atoms with Crippen LogP contribution in [0.4, 0.5) is 0 Å². The highest BCUT2D eigenvalue weighted by atomic mass is 14.2. The van der Waals surface area contributed by atoms with Crippen LogP contribution in [0.5, 0.6) is 0 Å². The van der Waals surface area contributed by atoms with Crippen molar-refractivity contribution in [2.24, 2.45) is 11.8 Å². The van der Waals surface area contributed by atoms with Crippen molar-refractivity contribution in [2.75, 3.05) is 0 Å². The Morgan fingerprint density at radius 2 is 1.08 bits per heavy atom. The van der Waals surface area contributed by atoms with Gasteiger partial charge in [-0.25, -0.2) is 0 Å². The van der Waals surface area contributed by atoms with Crippen LogP contribution in [0.15, 0.2) is 0 Å². The third-order valence-electron chi connectivity index (χ3n) is 3.60. The van der Waals surface area contributed by atoms with Gasteiger partial charge in [0.05, 0.1) is 0 Å². The average molecular weight is 168 g/mol. The lowest BCUT2D eigenvalue weighted by Gasteiger charge is -2.22. The van der Waals surface area contributed by atoms with E-state index in [-0.39, 0.29) is 0 Å². The highest BCUT2D eigenvalue weighted by Gasteiger charge is 2.13. The van der Waals surface area contributed by atoms with E-state index < -0.39 is 0 Å². The molecule has 1 rings (SSSR count). The third kappa shape index (κ3) is 3.16. The second-order valence-corrected chi connectivity index (χ2v) is 4.41. The number of rotatable bonds is 2. The smallest absolute Gasteiger partial charge is 0.0417 e. The molecule has 0 heteroatoms. The molecular weight excluding hydrogens is 144 g/mol. The molecule has 0 aliphatic heterocycles. The lowest BCUT2D eigenvalue weighted by Crippen LogP contribution is -2.08. The molecule has 12 heavy (non-hydrogen) atoms. The van der Waals surface area contributed by atoms with Crippen LogP contribution in [-0.2, 0) is 0 Å². The molecule has 0 amide bonds. The first-order valence-corrected chi connectivity index (χ1v) is 5.86. The molecule has 0 spiro atoms. The molecule has 72 valence electrons. The van der Waals surface area contributed by atoms with Gasteiger partial charge in [-0.1, -0.05) is 65.2 Å². The topological polar surface area (TPSA) is 0 Å². The fourth-order valence-electron chi connectivity index (χ4n) is 2.50. The molecule has 1 fully saturated rings. The molecule has 0 heterocycles. The molecule has 0 aromatic carbocycles. The Morgan fingerprint density at radius 3 is 1.33 bits per heavy atom. The van der Waals surface area contributed by atoms with Crippen molar-refractivity contribution in [2.45, 2.75) is 65.2 Å². The first kappa shape index (κ1) is 10.1. The Bertz CT molecular complexity index is 84.6. The van der Waals surface area contributed by atoms with E-state index >= 15 is 0 Å². The number of hydrogen-bond donors (Lipinski definition) is 0. The second-order valence-electron chi connectivity index (χ2n) is 4.41. The van der Waals surface area contributed by atoms with E-state index in [0.29, 0.717) is 0 Å². The third-order valence-corrected chi connectivity index (χ3v) is 3.60. The van der Waals surface area contributed by atoms with Crippen LogP contribution in [0, 0.1) is 11.8 Å². The highest BCUT2D eigenvalue weighted by Crippen LogP contribution is 2.28. The average Bonchev–Trinajstić information content (AvgIpc) is 2.05. The predicted molar refractivity (Wildman–Crippen MR) is 55.3 cm³/mol. The Morgan fingerprint density at radius 1 is 0.750 bits per heavy atom. The van der Waals surface area contributed by atoms with Gasteiger partial charge in [-0.3, -0.25) is 0 Å². The minimum Gasteiger partial charge on any atom is -0.0651 e. The molecule has 0 N–H and O–H groups in total. The summed E-state index contributed by atoms with van der Waals surface area (Å²) in [6.07, 6.45) is 11.8. The van der Waals surface area contributed by atoms with Gasteiger partial charge in [0.25, 0.3) is 0 Å². The summed E-state index contributed by atoms with van der Waals surface area (Å²) in [6.45, 7) is 4.70. The lowest BCUT2D eigenvalue weighted by atomic mass is 9.84. The van der Waals surface area contributed by atoms with Crippen molar-refractivity contribution in [1.82, 2.24) is 0 Å². The van der Waals surface area contributed by atoms with Crippen molar-refractivity contribution in [3.8, 4) is 0 Å². The summed E-state index contributed by atoms with van der Waals surface area (Å²) < 4.78 is 0. The van der Waals surface area contributed by atoms with Gasteiger partial charge in [0.1, 0.15) is 0 Å². The minimum atomic E-state index is 1.06. The van der Waals surface area contributed by atoms with E-state index in [2.05, 4.69) is 13.8 Å². The molecule has 0 saturated heterocycles. The van der Waals surface area contributed by atoms with Crippen LogP contribution in [0.25, 0.3) is 0 Å². The molecule has 1 saturated carbocycles. The quantitative estimate of drug-likeness (QED) is 0.573. The molecule has 1 aliphatic carbocycles. The van der Waals surface area contributed by atoms with Crippen LogP contribution >= 0.6 is 0 Å². The lowest BCUT2D eigenvalue weighted by molar-refractivity contribution is 0.307. The maximum absolute atomic E-state index is 2.35. The molecule has 0 aromatic rings. The number of hydrogen-bond acceptors (Lipinski definition) is 0. The first-order chi connectivity index (χ1) is 5.86. The molecule has 1 aliphatic rings. The summed E-state index contributed by atoms with van der Waals surface area (Å²) in [5, 5.41) is 0. The van der Waals surface area contributed by atoms with Crippen LogP contribution in [0.1, 0.15) is 65.2 Å². The van der Waals surface area contributed by atoms with E-state index in [1.54, 1.807) is 0 Å². The molecule has 0 atom stereocenters. The maximum atomic E-state index is 2.35. The van der Waals surface area contributed by atoms with Gasteiger partial charge in [-0.05, 0) is 11.8 Å². The molecule has 0 radical (unpaired) electrons. The largest absolute Gasteiger partial charge is 0.0651 e. The summed E-state index contributed by atoms with van der Waals surface area (Å²) in [7, 11) is 0. The van der Waals surface area contributed by atoms with E-state index in [4.69, 9.17) is 0 Å². The maximum Gasteiger partial charge on any atom is -0.0417 e. The SMILES string of the molecule is CCC1CCCC(CC)CCC1. The zero-order valence-corrected chi connectivity index (χ0v) is 8.81. The zero-order valence-electron chi connectivity index (χ0n) is 8.81. The van der Waals surface area contributed by atoms with E-state index in [1.165, 1.54) is 51.4 Å². The van der Waals surface area contributed by atoms with Gasteiger partial charge in [0, 0.05) is 0 Å². The van der Waals surface area contributed by atoms with Crippen molar-refractivity contribution < 1.29 is 0 Å². The Hall–Kier alpha value is 0. The van der Waals surface area contributed by atoms with Crippen LogP contribution in [0.2, 0.25) is 0 Å². The normalized spacial score (nSPS) is 32.5. The van der Waals surface area contributed by atoms with Gasteiger partial charge >= 0.3 is 0 Å². The summed E-state index contributed by atoms with van der Waals surface area (Å²) in [5.41, 5.74) is 0. The Kier molecular flexibility index (Phi) is 4.72. The molecule has 0 nitrogen and oxygen atoms in total. The summed E-state index contributed by atoms with van der Waals surface area (Å²) in [5.74, 6) is 2.12. The van der Waals surface area contributed by atoms with Gasteiger partial charge in [0.2, 0.25) is 0 Å². The van der Waals surface area contributed by atoms with Crippen LogP contribution in [-0.4, -0.2) is 0 Å². The first-order valence-electron chi connectivity index (χ1n) is 5.86. The standard InChI is InChI=1S/C12H24/c1-3-11-7-5-9-12(4-2)10-6-8-11/h11-12H,3-10H2,1-2H3. The van der Waals surface area contributed by atoms with Gasteiger partial charge in [-0.15, -0.1) is 0 Å². The monoisotopic (exact) mass is 168 g/mol. The molecule has 0 unspecified atom stereocenters. The summed E-state index contributed by atoms with van der Waals surface area (Å²) >= 11 is 0.